The molecule has 0 fully saturated rings. The van der Waals surface area contributed by atoms with E-state index in [1.807, 2.05) is 31.2 Å². The molecule has 20 heavy (non-hydrogen) atoms. The molecule has 0 saturated carbocycles. The van der Waals surface area contributed by atoms with Crippen LogP contribution in [0.15, 0.2) is 24.3 Å². The maximum absolute atomic E-state index is 11.8. The van der Waals surface area contributed by atoms with Crippen molar-refractivity contribution in [2.45, 2.75) is 39.0 Å². The lowest BCUT2D eigenvalue weighted by Crippen LogP contribution is -2.24. The molecule has 0 unspecified atom stereocenters. The molecule has 2 amide bonds. The van der Waals surface area contributed by atoms with Crippen LogP contribution in [-0.2, 0) is 4.79 Å². The molecular formula is C16H24N2O2. The number of benzene rings is 1. The fourth-order valence-corrected chi connectivity index (χ4v) is 1.90. The Kier molecular flexibility index (Phi) is 7.40. The van der Waals surface area contributed by atoms with Crippen LogP contribution in [0.5, 0.6) is 0 Å². The van der Waals surface area contributed by atoms with E-state index in [9.17, 15) is 9.59 Å². The molecule has 0 radical (unpaired) electrons. The summed E-state index contributed by atoms with van der Waals surface area (Å²) in [6.07, 6.45) is 4.50. The van der Waals surface area contributed by atoms with E-state index in [1.54, 1.807) is 7.05 Å². The summed E-state index contributed by atoms with van der Waals surface area (Å²) in [6, 6.07) is 7.56. The number of rotatable bonds is 8. The molecule has 0 aliphatic heterocycles. The highest BCUT2D eigenvalue weighted by Gasteiger charge is 2.03. The molecule has 1 aromatic carbocycles. The Morgan fingerprint density at radius 3 is 2.30 bits per heavy atom. The standard InChI is InChI=1S/C16H24N2O2/c1-13-8-10-14(11-9-13)16(20)18-12-6-4-3-5-7-15(19)17-2/h8-11H,3-7,12H2,1-2H3,(H,17,19)(H,18,20). The number of nitrogens with one attached hydrogen (secondary N) is 2. The molecule has 1 rings (SSSR count). The number of unbranched alkanes of at least 4 members (excludes halogenated alkanes) is 3. The van der Waals surface area contributed by atoms with E-state index in [1.165, 1.54) is 0 Å². The van der Waals surface area contributed by atoms with Gasteiger partial charge in [0.15, 0.2) is 0 Å². The average molecular weight is 276 g/mol. The van der Waals surface area contributed by atoms with Crippen LogP contribution in [0.2, 0.25) is 0 Å². The van der Waals surface area contributed by atoms with Crippen LogP contribution in [0.4, 0.5) is 0 Å². The largest absolute Gasteiger partial charge is 0.359 e. The second-order valence-corrected chi connectivity index (χ2v) is 4.96. The van der Waals surface area contributed by atoms with Gasteiger partial charge in [-0.25, -0.2) is 0 Å². The minimum atomic E-state index is -0.0182. The summed E-state index contributed by atoms with van der Waals surface area (Å²) in [6.45, 7) is 2.69. The molecule has 0 aliphatic carbocycles. The van der Waals surface area contributed by atoms with Crippen LogP contribution in [-0.4, -0.2) is 25.4 Å². The van der Waals surface area contributed by atoms with Crippen molar-refractivity contribution in [3.8, 4) is 0 Å². The second kappa shape index (κ2) is 9.13. The van der Waals surface area contributed by atoms with Crippen molar-refractivity contribution in [2.75, 3.05) is 13.6 Å². The van der Waals surface area contributed by atoms with E-state index in [0.29, 0.717) is 18.5 Å². The van der Waals surface area contributed by atoms with Crippen LogP contribution in [0, 0.1) is 6.92 Å². The SMILES string of the molecule is CNC(=O)CCCCCCNC(=O)c1ccc(C)cc1. The Hall–Kier alpha value is -1.84. The summed E-state index contributed by atoms with van der Waals surface area (Å²) in [5.74, 6) is 0.0769. The van der Waals surface area contributed by atoms with Crippen LogP contribution < -0.4 is 10.6 Å². The van der Waals surface area contributed by atoms with Crippen molar-refractivity contribution >= 4 is 11.8 Å². The minimum absolute atomic E-state index is 0.0182. The number of carbonyl (C=O) groups is 2. The number of carbonyl (C=O) groups excluding carboxylic acids is 2. The molecular weight excluding hydrogens is 252 g/mol. The van der Waals surface area contributed by atoms with Crippen LogP contribution >= 0.6 is 0 Å². The van der Waals surface area contributed by atoms with Gasteiger partial charge >= 0.3 is 0 Å². The lowest BCUT2D eigenvalue weighted by Gasteiger charge is -2.05. The van der Waals surface area contributed by atoms with E-state index in [-0.39, 0.29) is 11.8 Å². The maximum atomic E-state index is 11.8. The first-order chi connectivity index (χ1) is 9.63. The zero-order valence-electron chi connectivity index (χ0n) is 12.4. The van der Waals surface area contributed by atoms with Gasteiger partial charge in [-0.3, -0.25) is 9.59 Å². The monoisotopic (exact) mass is 276 g/mol. The van der Waals surface area contributed by atoms with Crippen molar-refractivity contribution in [3.63, 3.8) is 0 Å². The third kappa shape index (κ3) is 6.36. The van der Waals surface area contributed by atoms with Gasteiger partial charge in [-0.15, -0.1) is 0 Å². The number of aryl methyl sites for hydroxylation is 1. The summed E-state index contributed by atoms with van der Waals surface area (Å²) in [4.78, 5) is 22.8. The first-order valence-corrected chi connectivity index (χ1v) is 7.19. The molecule has 4 heteroatoms. The first-order valence-electron chi connectivity index (χ1n) is 7.19. The molecule has 0 saturated heterocycles. The van der Waals surface area contributed by atoms with Crippen LogP contribution in [0.1, 0.15) is 48.0 Å². The molecule has 110 valence electrons. The third-order valence-corrected chi connectivity index (χ3v) is 3.21. The van der Waals surface area contributed by atoms with Gasteiger partial charge in [-0.2, -0.15) is 0 Å². The first kappa shape index (κ1) is 16.2. The molecule has 2 N–H and O–H groups in total. The van der Waals surface area contributed by atoms with Crippen LogP contribution in [0.25, 0.3) is 0 Å². The zero-order valence-corrected chi connectivity index (χ0v) is 12.4. The zero-order chi connectivity index (χ0) is 14.8. The van der Waals surface area contributed by atoms with Crippen molar-refractivity contribution in [1.29, 1.82) is 0 Å². The van der Waals surface area contributed by atoms with E-state index in [2.05, 4.69) is 10.6 Å². The predicted molar refractivity (Wildman–Crippen MR) is 80.7 cm³/mol. The molecule has 0 spiro atoms. The Bertz CT molecular complexity index is 427. The fraction of sp³-hybridized carbons (Fsp3) is 0.500. The smallest absolute Gasteiger partial charge is 0.251 e. The lowest BCUT2D eigenvalue weighted by atomic mass is 10.1. The number of hydrogen-bond acceptors (Lipinski definition) is 2. The molecule has 4 nitrogen and oxygen atoms in total. The maximum Gasteiger partial charge on any atom is 0.251 e. The normalized spacial score (nSPS) is 10.1. The Morgan fingerprint density at radius 1 is 1.00 bits per heavy atom. The molecule has 0 heterocycles. The average Bonchev–Trinajstić information content (AvgIpc) is 2.46. The van der Waals surface area contributed by atoms with Gasteiger partial charge in [0.05, 0.1) is 0 Å². The van der Waals surface area contributed by atoms with Gasteiger partial charge in [-0.05, 0) is 31.9 Å². The highest BCUT2D eigenvalue weighted by molar-refractivity contribution is 5.94. The lowest BCUT2D eigenvalue weighted by molar-refractivity contribution is -0.120. The van der Waals surface area contributed by atoms with E-state index >= 15 is 0 Å². The van der Waals surface area contributed by atoms with Crippen molar-refractivity contribution in [2.24, 2.45) is 0 Å². The molecule has 0 aromatic heterocycles. The van der Waals surface area contributed by atoms with Gasteiger partial charge in [0.25, 0.3) is 5.91 Å². The summed E-state index contributed by atoms with van der Waals surface area (Å²) in [5.41, 5.74) is 1.85. The number of amides is 2. The Labute approximate surface area is 121 Å². The fourth-order valence-electron chi connectivity index (χ4n) is 1.90. The molecule has 0 bridgehead atoms. The Balaban J connectivity index is 2.08. The Morgan fingerprint density at radius 2 is 1.65 bits per heavy atom. The topological polar surface area (TPSA) is 58.2 Å². The van der Waals surface area contributed by atoms with Gasteiger partial charge in [0.2, 0.25) is 5.91 Å². The predicted octanol–water partition coefficient (Wildman–Crippen LogP) is 2.42. The van der Waals surface area contributed by atoms with Crippen molar-refractivity contribution in [3.05, 3.63) is 35.4 Å². The van der Waals surface area contributed by atoms with E-state index < -0.39 is 0 Å². The summed E-state index contributed by atoms with van der Waals surface area (Å²) in [5, 5.41) is 5.52. The van der Waals surface area contributed by atoms with Crippen molar-refractivity contribution in [1.82, 2.24) is 10.6 Å². The van der Waals surface area contributed by atoms with E-state index in [4.69, 9.17) is 0 Å². The minimum Gasteiger partial charge on any atom is -0.359 e. The highest BCUT2D eigenvalue weighted by atomic mass is 16.2. The van der Waals surface area contributed by atoms with Crippen molar-refractivity contribution < 1.29 is 9.59 Å². The van der Waals surface area contributed by atoms with Gasteiger partial charge in [0.1, 0.15) is 0 Å². The molecule has 0 aliphatic rings. The third-order valence-electron chi connectivity index (χ3n) is 3.21. The molecule has 0 atom stereocenters. The second-order valence-electron chi connectivity index (χ2n) is 4.96. The highest BCUT2D eigenvalue weighted by Crippen LogP contribution is 2.04. The van der Waals surface area contributed by atoms with Gasteiger partial charge < -0.3 is 10.6 Å². The van der Waals surface area contributed by atoms with Crippen LogP contribution in [0.3, 0.4) is 0 Å². The summed E-state index contributed by atoms with van der Waals surface area (Å²) in [7, 11) is 1.66. The van der Waals surface area contributed by atoms with Gasteiger partial charge in [-0.1, -0.05) is 30.5 Å². The summed E-state index contributed by atoms with van der Waals surface area (Å²) < 4.78 is 0. The van der Waals surface area contributed by atoms with E-state index in [0.717, 1.165) is 31.2 Å². The quantitative estimate of drug-likeness (QED) is 0.716. The molecule has 1 aromatic rings. The summed E-state index contributed by atoms with van der Waals surface area (Å²) >= 11 is 0. The van der Waals surface area contributed by atoms with Gasteiger partial charge in [0, 0.05) is 25.6 Å². The number of hydrogen-bond donors (Lipinski definition) is 2.